The summed E-state index contributed by atoms with van der Waals surface area (Å²) in [5, 5.41) is 11.5. The first-order chi connectivity index (χ1) is 8.71. The molecular weight excluding hydrogens is 248 g/mol. The van der Waals surface area contributed by atoms with Crippen LogP contribution in [-0.2, 0) is 4.79 Å². The molecule has 1 unspecified atom stereocenters. The Bertz CT molecular complexity index is 528. The summed E-state index contributed by atoms with van der Waals surface area (Å²) in [6.07, 6.45) is 2.54. The van der Waals surface area contributed by atoms with Crippen LogP contribution in [0.4, 0.5) is 0 Å². The summed E-state index contributed by atoms with van der Waals surface area (Å²) in [5.41, 5.74) is -0.850. The molecule has 0 aliphatic rings. The van der Waals surface area contributed by atoms with Gasteiger partial charge in [-0.15, -0.1) is 0 Å². The normalized spacial score (nSPS) is 12.8. The van der Waals surface area contributed by atoms with Crippen LogP contribution in [0.3, 0.4) is 0 Å². The molecule has 1 rings (SSSR count). The average molecular weight is 266 g/mol. The van der Waals surface area contributed by atoms with Crippen molar-refractivity contribution in [3.63, 3.8) is 0 Å². The first-order valence-electron chi connectivity index (χ1n) is 5.91. The van der Waals surface area contributed by atoms with Crippen LogP contribution in [0.5, 0.6) is 0 Å². The van der Waals surface area contributed by atoms with E-state index in [1.54, 1.807) is 0 Å². The Kier molecular flexibility index (Phi) is 4.47. The maximum absolute atomic E-state index is 12.0. The minimum Gasteiger partial charge on any atom is -0.481 e. The number of pyridine rings is 1. The lowest BCUT2D eigenvalue weighted by atomic mass is 9.84. The average Bonchev–Trinajstić information content (AvgIpc) is 2.26. The molecule has 0 bridgehead atoms. The molecule has 1 amide bonds. The van der Waals surface area contributed by atoms with E-state index in [9.17, 15) is 14.4 Å². The number of carboxylic acids is 1. The van der Waals surface area contributed by atoms with Crippen molar-refractivity contribution < 1.29 is 14.7 Å². The van der Waals surface area contributed by atoms with Gasteiger partial charge in [-0.1, -0.05) is 20.8 Å². The molecule has 104 valence electrons. The van der Waals surface area contributed by atoms with Gasteiger partial charge in [-0.3, -0.25) is 14.4 Å². The minimum atomic E-state index is -0.998. The Labute approximate surface area is 110 Å². The highest BCUT2D eigenvalue weighted by atomic mass is 16.4. The molecule has 0 saturated carbocycles. The topological polar surface area (TPSA) is 99.3 Å². The van der Waals surface area contributed by atoms with Gasteiger partial charge >= 0.3 is 5.97 Å². The van der Waals surface area contributed by atoms with E-state index in [1.165, 1.54) is 18.5 Å². The summed E-state index contributed by atoms with van der Waals surface area (Å²) in [6, 6.07) is 0.690. The molecule has 19 heavy (non-hydrogen) atoms. The van der Waals surface area contributed by atoms with Crippen molar-refractivity contribution in [3.8, 4) is 0 Å². The first-order valence-corrected chi connectivity index (χ1v) is 5.91. The van der Waals surface area contributed by atoms with Crippen molar-refractivity contribution in [2.45, 2.75) is 33.2 Å². The van der Waals surface area contributed by atoms with Gasteiger partial charge in [0.2, 0.25) is 0 Å². The molecule has 6 heteroatoms. The zero-order valence-electron chi connectivity index (χ0n) is 11.2. The molecule has 0 radical (unpaired) electrons. The van der Waals surface area contributed by atoms with Gasteiger partial charge in [0, 0.05) is 24.5 Å². The molecule has 1 heterocycles. The highest BCUT2D eigenvalue weighted by molar-refractivity contribution is 5.94. The van der Waals surface area contributed by atoms with Crippen LogP contribution < -0.4 is 10.7 Å². The van der Waals surface area contributed by atoms with Gasteiger partial charge in [-0.2, -0.15) is 0 Å². The maximum atomic E-state index is 12.0. The summed E-state index contributed by atoms with van der Waals surface area (Å²) < 4.78 is 0. The summed E-state index contributed by atoms with van der Waals surface area (Å²) >= 11 is 0. The molecule has 3 N–H and O–H groups in total. The fourth-order valence-corrected chi connectivity index (χ4v) is 1.58. The van der Waals surface area contributed by atoms with Gasteiger partial charge in [0.05, 0.1) is 6.42 Å². The number of rotatable bonds is 4. The van der Waals surface area contributed by atoms with E-state index < -0.39 is 28.8 Å². The van der Waals surface area contributed by atoms with Crippen LogP contribution in [0.15, 0.2) is 23.3 Å². The van der Waals surface area contributed by atoms with Crippen molar-refractivity contribution in [1.29, 1.82) is 0 Å². The number of carboxylic acid groups (broad SMARTS) is 1. The van der Waals surface area contributed by atoms with Crippen molar-refractivity contribution >= 4 is 11.9 Å². The summed E-state index contributed by atoms with van der Waals surface area (Å²) in [5.74, 6) is -1.56. The fourth-order valence-electron chi connectivity index (χ4n) is 1.58. The van der Waals surface area contributed by atoms with Crippen LogP contribution in [0.25, 0.3) is 0 Å². The molecule has 0 saturated heterocycles. The van der Waals surface area contributed by atoms with Crippen LogP contribution in [0.1, 0.15) is 37.6 Å². The highest BCUT2D eigenvalue weighted by Crippen LogP contribution is 2.22. The number of H-pyrrole nitrogens is 1. The number of aliphatic carboxylic acids is 1. The van der Waals surface area contributed by atoms with Gasteiger partial charge in [0.15, 0.2) is 5.43 Å². The van der Waals surface area contributed by atoms with Crippen molar-refractivity contribution in [1.82, 2.24) is 10.3 Å². The molecular formula is C13H18N2O4. The second kappa shape index (κ2) is 5.69. The Morgan fingerprint density at radius 2 is 2.05 bits per heavy atom. The first kappa shape index (κ1) is 14.9. The number of aromatic amines is 1. The number of nitrogens with one attached hydrogen (secondary N) is 2. The molecule has 0 aliphatic heterocycles. The van der Waals surface area contributed by atoms with Gasteiger partial charge in [0.25, 0.3) is 5.91 Å². The lowest BCUT2D eigenvalue weighted by Crippen LogP contribution is -2.46. The smallest absolute Gasteiger partial charge is 0.305 e. The highest BCUT2D eigenvalue weighted by Gasteiger charge is 2.29. The SMILES string of the molecule is CC(C)(C)C(CC(=O)O)NC(=O)c1c[nH]ccc1=O. The van der Waals surface area contributed by atoms with E-state index in [1.807, 2.05) is 20.8 Å². The lowest BCUT2D eigenvalue weighted by Gasteiger charge is -2.30. The van der Waals surface area contributed by atoms with Gasteiger partial charge in [-0.05, 0) is 5.41 Å². The fraction of sp³-hybridized carbons (Fsp3) is 0.462. The van der Waals surface area contributed by atoms with E-state index >= 15 is 0 Å². The molecule has 0 aliphatic carbocycles. The summed E-state index contributed by atoms with van der Waals surface area (Å²) in [6.45, 7) is 5.49. The molecule has 1 atom stereocenters. The number of aromatic nitrogens is 1. The van der Waals surface area contributed by atoms with Gasteiger partial charge in [0.1, 0.15) is 5.56 Å². The van der Waals surface area contributed by atoms with E-state index in [2.05, 4.69) is 10.3 Å². The monoisotopic (exact) mass is 266 g/mol. The number of hydrogen-bond acceptors (Lipinski definition) is 3. The molecule has 6 nitrogen and oxygen atoms in total. The molecule has 1 aromatic rings. The Balaban J connectivity index is 2.92. The van der Waals surface area contributed by atoms with Crippen LogP contribution in [-0.4, -0.2) is 28.0 Å². The standard InChI is InChI=1S/C13H18N2O4/c1-13(2,3)10(6-11(17)18)15-12(19)8-7-14-5-4-9(8)16/h4-5,7,10H,6H2,1-3H3,(H,14,16)(H,15,19)(H,17,18). The maximum Gasteiger partial charge on any atom is 0.305 e. The van der Waals surface area contributed by atoms with Crippen molar-refractivity contribution in [2.24, 2.45) is 5.41 Å². The lowest BCUT2D eigenvalue weighted by molar-refractivity contribution is -0.138. The third-order valence-electron chi connectivity index (χ3n) is 2.80. The summed E-state index contributed by atoms with van der Waals surface area (Å²) in [7, 11) is 0. The molecule has 0 spiro atoms. The Morgan fingerprint density at radius 1 is 1.42 bits per heavy atom. The van der Waals surface area contributed by atoms with Gasteiger partial charge < -0.3 is 15.4 Å². The number of carbonyl (C=O) groups is 2. The van der Waals surface area contributed by atoms with E-state index in [-0.39, 0.29) is 12.0 Å². The van der Waals surface area contributed by atoms with E-state index in [0.29, 0.717) is 0 Å². The van der Waals surface area contributed by atoms with E-state index in [0.717, 1.165) is 0 Å². The zero-order valence-corrected chi connectivity index (χ0v) is 11.2. The number of hydrogen-bond donors (Lipinski definition) is 3. The Morgan fingerprint density at radius 3 is 2.53 bits per heavy atom. The van der Waals surface area contributed by atoms with Crippen LogP contribution >= 0.6 is 0 Å². The second-order valence-corrected chi connectivity index (χ2v) is 5.41. The van der Waals surface area contributed by atoms with E-state index in [4.69, 9.17) is 5.11 Å². The summed E-state index contributed by atoms with van der Waals surface area (Å²) in [4.78, 5) is 37.0. The predicted molar refractivity (Wildman–Crippen MR) is 70.0 cm³/mol. The second-order valence-electron chi connectivity index (χ2n) is 5.41. The Hall–Kier alpha value is -2.11. The van der Waals surface area contributed by atoms with Crippen LogP contribution in [0.2, 0.25) is 0 Å². The third kappa shape index (κ3) is 4.24. The minimum absolute atomic E-state index is 0.0258. The predicted octanol–water partition coefficient (Wildman–Crippen LogP) is 0.994. The zero-order chi connectivity index (χ0) is 14.6. The molecule has 0 fully saturated rings. The van der Waals surface area contributed by atoms with Gasteiger partial charge in [-0.25, -0.2) is 0 Å². The third-order valence-corrected chi connectivity index (χ3v) is 2.80. The van der Waals surface area contributed by atoms with Crippen LogP contribution in [0, 0.1) is 5.41 Å². The van der Waals surface area contributed by atoms with Crippen molar-refractivity contribution in [2.75, 3.05) is 0 Å². The van der Waals surface area contributed by atoms with Crippen molar-refractivity contribution in [3.05, 3.63) is 34.2 Å². The molecule has 0 aromatic carbocycles. The number of carbonyl (C=O) groups excluding carboxylic acids is 1. The quantitative estimate of drug-likeness (QED) is 0.756. The number of amides is 1. The largest absolute Gasteiger partial charge is 0.481 e. The molecule has 1 aromatic heterocycles.